The minimum Gasteiger partial charge on any atom is -0.542 e. The Morgan fingerprint density at radius 1 is 1.50 bits per heavy atom. The van der Waals surface area contributed by atoms with Crippen molar-refractivity contribution in [2.45, 2.75) is 6.18 Å². The summed E-state index contributed by atoms with van der Waals surface area (Å²) in [5, 5.41) is 8.78. The Balaban J connectivity index is 0.000000168. The number of carboxylic acids is 1. The molecule has 0 aliphatic rings. The van der Waals surface area contributed by atoms with E-state index in [4.69, 9.17) is 9.90 Å². The summed E-state index contributed by atoms with van der Waals surface area (Å²) in [7, 11) is 0. The van der Waals surface area contributed by atoms with Gasteiger partial charge in [0.1, 0.15) is 12.2 Å². The molecular formula is C8H6F3N3O2. The van der Waals surface area contributed by atoms with Crippen molar-refractivity contribution in [1.82, 2.24) is 9.97 Å². The second-order valence-electron chi connectivity index (χ2n) is 2.61. The van der Waals surface area contributed by atoms with Gasteiger partial charge >= 0.3 is 11.8 Å². The summed E-state index contributed by atoms with van der Waals surface area (Å²) in [6, 6.07) is 1.92. The predicted molar refractivity (Wildman–Crippen MR) is 43.7 cm³/mol. The number of carbonyl (C=O) groups is 1. The molecule has 0 unspecified atom stereocenters. The zero-order chi connectivity index (χ0) is 12.2. The summed E-state index contributed by atoms with van der Waals surface area (Å²) in [6.45, 7) is 0. The molecule has 0 amide bonds. The lowest BCUT2D eigenvalue weighted by atomic mass is 10.5. The Morgan fingerprint density at radius 3 is 2.62 bits per heavy atom. The highest BCUT2D eigenvalue weighted by Crippen LogP contribution is 2.11. The fraction of sp³-hybridized carbons (Fsp3) is 0.125. The third-order valence-corrected chi connectivity index (χ3v) is 1.47. The van der Waals surface area contributed by atoms with E-state index in [1.165, 1.54) is 0 Å². The maximum atomic E-state index is 10.5. The van der Waals surface area contributed by atoms with Gasteiger partial charge in [-0.1, -0.05) is 0 Å². The summed E-state index contributed by atoms with van der Waals surface area (Å²) < 4.78 is 31.5. The molecule has 0 bridgehead atoms. The Kier molecular flexibility index (Phi) is 3.44. The second kappa shape index (κ2) is 4.60. The van der Waals surface area contributed by atoms with Crippen molar-refractivity contribution in [3.8, 4) is 0 Å². The van der Waals surface area contributed by atoms with Crippen LogP contribution in [0.15, 0.2) is 24.7 Å². The van der Waals surface area contributed by atoms with E-state index in [-0.39, 0.29) is 0 Å². The van der Waals surface area contributed by atoms with Crippen molar-refractivity contribution in [3.05, 3.63) is 24.7 Å². The number of alkyl halides is 3. The van der Waals surface area contributed by atoms with Gasteiger partial charge in [-0.2, -0.15) is 13.2 Å². The van der Waals surface area contributed by atoms with Crippen LogP contribution in [0.3, 0.4) is 0 Å². The summed E-state index contributed by atoms with van der Waals surface area (Å²) in [6.07, 6.45) is 0.184. The van der Waals surface area contributed by atoms with Crippen molar-refractivity contribution in [2.24, 2.45) is 0 Å². The van der Waals surface area contributed by atoms with Crippen LogP contribution < -0.4 is 10.1 Å². The molecule has 0 radical (unpaired) electrons. The van der Waals surface area contributed by atoms with E-state index >= 15 is 0 Å². The molecule has 0 atom stereocenters. The molecule has 0 saturated heterocycles. The highest BCUT2D eigenvalue weighted by Gasteiger charge is 2.28. The smallest absolute Gasteiger partial charge is 0.430 e. The number of hydrogen-bond donors (Lipinski definition) is 1. The Bertz CT molecular complexity index is 450. The molecule has 16 heavy (non-hydrogen) atoms. The van der Waals surface area contributed by atoms with E-state index in [0.717, 1.165) is 11.2 Å². The zero-order valence-corrected chi connectivity index (χ0v) is 7.71. The molecule has 0 aliphatic heterocycles. The largest absolute Gasteiger partial charge is 0.542 e. The average molecular weight is 233 g/mol. The van der Waals surface area contributed by atoms with Crippen LogP contribution in [0.5, 0.6) is 0 Å². The summed E-state index contributed by atoms with van der Waals surface area (Å²) in [5.74, 6) is -3.01. The highest BCUT2D eigenvalue weighted by molar-refractivity contribution is 5.70. The number of H-pyrrole nitrogens is 2. The van der Waals surface area contributed by atoms with Gasteiger partial charge in [0.25, 0.3) is 0 Å². The molecule has 2 aromatic heterocycles. The van der Waals surface area contributed by atoms with Crippen LogP contribution in [0, 0.1) is 0 Å². The molecule has 8 heteroatoms. The third-order valence-electron chi connectivity index (χ3n) is 1.47. The number of aliphatic carboxylic acids is 1. The minimum atomic E-state index is -5.19. The molecule has 2 aromatic rings. The number of nitrogens with one attached hydrogen (secondary N) is 2. The van der Waals surface area contributed by atoms with E-state index in [9.17, 15) is 13.2 Å². The molecule has 0 aromatic carbocycles. The number of fused-ring (bicyclic) bond motifs is 1. The first kappa shape index (κ1) is 12.0. The topological polar surface area (TPSA) is 83.0 Å². The van der Waals surface area contributed by atoms with E-state index in [1.54, 1.807) is 12.4 Å². The number of aromatic nitrogens is 3. The molecule has 2 N–H and O–H groups in total. The number of halogens is 3. The standard InChI is InChI=1S/C6H5N3.C2HF3O2/c1-2-8-6-5(1)7-3-4-9-6;3-2(4,5)1(6)7/h1-4H,(H,8,9);(H,6,7). The van der Waals surface area contributed by atoms with Crippen LogP contribution in [0.2, 0.25) is 0 Å². The van der Waals surface area contributed by atoms with Gasteiger partial charge in [0.15, 0.2) is 5.52 Å². The van der Waals surface area contributed by atoms with Crippen molar-refractivity contribution < 1.29 is 28.1 Å². The minimum absolute atomic E-state index is 0.970. The lowest BCUT2D eigenvalue weighted by molar-refractivity contribution is -0.348. The van der Waals surface area contributed by atoms with Crippen LogP contribution in [-0.2, 0) is 4.79 Å². The lowest BCUT2D eigenvalue weighted by Crippen LogP contribution is -2.37. The molecule has 0 aliphatic carbocycles. The van der Waals surface area contributed by atoms with Crippen molar-refractivity contribution in [3.63, 3.8) is 0 Å². The normalized spacial score (nSPS) is 10.7. The monoisotopic (exact) mass is 233 g/mol. The average Bonchev–Trinajstić information content (AvgIpc) is 2.64. The van der Waals surface area contributed by atoms with E-state index < -0.39 is 12.1 Å². The highest BCUT2D eigenvalue weighted by atomic mass is 19.4. The molecule has 0 fully saturated rings. The maximum Gasteiger partial charge on any atom is 0.430 e. The summed E-state index contributed by atoms with van der Waals surface area (Å²) >= 11 is 0. The van der Waals surface area contributed by atoms with Gasteiger partial charge in [0.05, 0.1) is 12.4 Å². The second-order valence-corrected chi connectivity index (χ2v) is 2.61. The van der Waals surface area contributed by atoms with Crippen molar-refractivity contribution in [1.29, 1.82) is 0 Å². The quantitative estimate of drug-likeness (QED) is 0.676. The Labute approximate surface area is 86.9 Å². The summed E-state index contributed by atoms with van der Waals surface area (Å²) in [5.41, 5.74) is 1.94. The predicted octanol–water partition coefficient (Wildman–Crippen LogP) is -0.324. The Morgan fingerprint density at radius 2 is 2.12 bits per heavy atom. The molecule has 0 spiro atoms. The van der Waals surface area contributed by atoms with E-state index in [1.807, 2.05) is 12.3 Å². The van der Waals surface area contributed by atoms with Crippen LogP contribution in [0.25, 0.3) is 11.2 Å². The fourth-order valence-corrected chi connectivity index (χ4v) is 0.823. The van der Waals surface area contributed by atoms with Crippen LogP contribution >= 0.6 is 0 Å². The molecule has 2 rings (SSSR count). The van der Waals surface area contributed by atoms with Gasteiger partial charge in [-0.05, 0) is 0 Å². The molecule has 5 nitrogen and oxygen atoms in total. The number of carbonyl (C=O) groups excluding carboxylic acids is 1. The number of hydrogen-bond acceptors (Lipinski definition) is 3. The van der Waals surface area contributed by atoms with Gasteiger partial charge < -0.3 is 9.90 Å². The molecular weight excluding hydrogens is 227 g/mol. The van der Waals surface area contributed by atoms with Gasteiger partial charge in [-0.25, -0.2) is 15.0 Å². The van der Waals surface area contributed by atoms with Gasteiger partial charge in [-0.3, -0.25) is 0 Å². The van der Waals surface area contributed by atoms with Gasteiger partial charge in [-0.15, -0.1) is 0 Å². The lowest BCUT2D eigenvalue weighted by Gasteiger charge is -2.03. The Hall–Kier alpha value is -2.12. The first-order valence-corrected chi connectivity index (χ1v) is 3.99. The number of aromatic amines is 2. The van der Waals surface area contributed by atoms with Crippen LogP contribution in [-0.4, -0.2) is 22.1 Å². The first-order chi connectivity index (χ1) is 7.41. The van der Waals surface area contributed by atoms with Gasteiger partial charge in [0.2, 0.25) is 0 Å². The van der Waals surface area contributed by atoms with E-state index in [2.05, 4.69) is 15.0 Å². The molecule has 0 saturated carbocycles. The number of carboxylic acid groups (broad SMARTS) is 1. The SMILES string of the molecule is O=C([O-])C(F)(F)F.c1c[nH+]c2[nH]ccc2n1. The first-order valence-electron chi connectivity index (χ1n) is 3.99. The fourth-order valence-electron chi connectivity index (χ4n) is 0.823. The van der Waals surface area contributed by atoms with Gasteiger partial charge in [0, 0.05) is 6.07 Å². The molecule has 86 valence electrons. The zero-order valence-electron chi connectivity index (χ0n) is 7.71. The van der Waals surface area contributed by atoms with Crippen molar-refractivity contribution in [2.75, 3.05) is 0 Å². The van der Waals surface area contributed by atoms with E-state index in [0.29, 0.717) is 0 Å². The van der Waals surface area contributed by atoms with Crippen LogP contribution in [0.1, 0.15) is 0 Å². The maximum absolute atomic E-state index is 10.5. The third kappa shape index (κ3) is 3.23. The van der Waals surface area contributed by atoms with Crippen LogP contribution in [0.4, 0.5) is 13.2 Å². The number of rotatable bonds is 0. The van der Waals surface area contributed by atoms with Crippen molar-refractivity contribution >= 4 is 17.1 Å². The summed E-state index contributed by atoms with van der Waals surface area (Å²) in [4.78, 5) is 18.9. The number of nitrogens with zero attached hydrogens (tertiary/aromatic N) is 1. The molecule has 2 heterocycles.